The molecule has 6 heteroatoms. The van der Waals surface area contributed by atoms with Crippen LogP contribution in [0.3, 0.4) is 0 Å². The molecule has 0 saturated carbocycles. The van der Waals surface area contributed by atoms with Gasteiger partial charge in [0.05, 0.1) is 4.91 Å². The van der Waals surface area contributed by atoms with Gasteiger partial charge in [0.1, 0.15) is 12.4 Å². The summed E-state index contributed by atoms with van der Waals surface area (Å²) in [4.78, 5) is 29.4. The smallest absolute Gasteiger partial charge is 0.286 e. The normalized spacial score (nSPS) is 19.8. The van der Waals surface area contributed by atoms with Crippen molar-refractivity contribution in [3.63, 3.8) is 0 Å². The number of likely N-dealkylation sites (tertiary alicyclic amines) is 1. The number of hydrogen-bond donors (Lipinski definition) is 0. The number of aldehydes is 1. The molecule has 5 nitrogen and oxygen atoms in total. The van der Waals surface area contributed by atoms with E-state index in [9.17, 15) is 9.59 Å². The summed E-state index contributed by atoms with van der Waals surface area (Å²) in [6.07, 6.45) is 6.13. The molecule has 2 aliphatic heterocycles. The van der Waals surface area contributed by atoms with Gasteiger partial charge in [0.15, 0.2) is 11.5 Å². The van der Waals surface area contributed by atoms with Gasteiger partial charge in [-0.25, -0.2) is 0 Å². The monoisotopic (exact) mass is 330 g/mol. The van der Waals surface area contributed by atoms with Crippen molar-refractivity contribution in [2.45, 2.75) is 19.3 Å². The van der Waals surface area contributed by atoms with Crippen molar-refractivity contribution in [1.29, 1.82) is 0 Å². The molecule has 0 unspecified atom stereocenters. The molecule has 3 rings (SSSR count). The third-order valence-electron chi connectivity index (χ3n) is 3.73. The van der Waals surface area contributed by atoms with Crippen LogP contribution in [0.4, 0.5) is 0 Å². The lowest BCUT2D eigenvalue weighted by molar-refractivity contribution is -0.113. The minimum atomic E-state index is -0.170. The van der Waals surface area contributed by atoms with Crippen molar-refractivity contribution >= 4 is 35.2 Å². The van der Waals surface area contributed by atoms with Crippen LogP contribution in [0.1, 0.15) is 24.8 Å². The van der Waals surface area contributed by atoms with Crippen molar-refractivity contribution in [1.82, 2.24) is 4.90 Å². The van der Waals surface area contributed by atoms with E-state index in [2.05, 4.69) is 9.89 Å². The largest absolute Gasteiger partial charge is 0.486 e. The van der Waals surface area contributed by atoms with Crippen LogP contribution in [-0.2, 0) is 9.59 Å². The Hall–Kier alpha value is -2.08. The molecule has 0 N–H and O–H groups in total. The van der Waals surface area contributed by atoms with E-state index in [1.54, 1.807) is 12.1 Å². The van der Waals surface area contributed by atoms with E-state index in [1.807, 2.05) is 18.2 Å². The molecule has 0 spiro atoms. The number of hydrogen-bond acceptors (Lipinski definition) is 5. The second kappa shape index (κ2) is 7.46. The first kappa shape index (κ1) is 15.8. The zero-order valence-electron chi connectivity index (χ0n) is 12.7. The standard InChI is InChI=1S/C17H18N2O3S/c20-10-11-22-14-6-4-13(5-7-14)12-15-16(21)18-17(23-15)19-8-2-1-3-9-19/h4-7,10,12H,1-3,8-9,11H2/b15-12+. The second-order valence-electron chi connectivity index (χ2n) is 5.40. The third kappa shape index (κ3) is 4.01. The van der Waals surface area contributed by atoms with Crippen LogP contribution in [0, 0.1) is 0 Å². The quantitative estimate of drug-likeness (QED) is 0.627. The van der Waals surface area contributed by atoms with Gasteiger partial charge in [0, 0.05) is 13.1 Å². The number of amides is 1. The van der Waals surface area contributed by atoms with Crippen LogP contribution in [0.15, 0.2) is 34.2 Å². The Balaban J connectivity index is 1.66. The number of thioether (sulfide) groups is 1. The lowest BCUT2D eigenvalue weighted by atomic mass is 10.1. The minimum Gasteiger partial charge on any atom is -0.486 e. The molecule has 0 aromatic heterocycles. The molecule has 0 aliphatic carbocycles. The van der Waals surface area contributed by atoms with Gasteiger partial charge in [-0.2, -0.15) is 4.99 Å². The van der Waals surface area contributed by atoms with E-state index < -0.39 is 0 Å². The highest BCUT2D eigenvalue weighted by molar-refractivity contribution is 8.18. The number of carbonyl (C=O) groups excluding carboxylic acids is 2. The fourth-order valence-electron chi connectivity index (χ4n) is 2.56. The Morgan fingerprint density at radius 1 is 1.17 bits per heavy atom. The number of benzene rings is 1. The molecular formula is C17H18N2O3S. The highest BCUT2D eigenvalue weighted by atomic mass is 32.2. The van der Waals surface area contributed by atoms with Crippen molar-refractivity contribution in [2.24, 2.45) is 4.99 Å². The van der Waals surface area contributed by atoms with E-state index in [1.165, 1.54) is 18.2 Å². The SMILES string of the molecule is O=CCOc1ccc(/C=C2/SC(N3CCCCC3)=NC2=O)cc1. The Labute approximate surface area is 139 Å². The fourth-order valence-corrected chi connectivity index (χ4v) is 3.53. The molecular weight excluding hydrogens is 312 g/mol. The van der Waals surface area contributed by atoms with Gasteiger partial charge in [-0.15, -0.1) is 0 Å². The second-order valence-corrected chi connectivity index (χ2v) is 6.41. The molecule has 2 aliphatic rings. The average Bonchev–Trinajstić information content (AvgIpc) is 2.96. The molecule has 120 valence electrons. The van der Waals surface area contributed by atoms with Crippen molar-refractivity contribution in [3.05, 3.63) is 34.7 Å². The molecule has 1 aromatic rings. The van der Waals surface area contributed by atoms with E-state index in [4.69, 9.17) is 4.74 Å². The molecule has 1 aromatic carbocycles. The Morgan fingerprint density at radius 3 is 2.61 bits per heavy atom. The maximum absolute atomic E-state index is 12.1. The molecule has 0 radical (unpaired) electrons. The molecule has 0 atom stereocenters. The number of rotatable bonds is 4. The minimum absolute atomic E-state index is 0.0435. The maximum Gasteiger partial charge on any atom is 0.286 e. The van der Waals surface area contributed by atoms with E-state index in [-0.39, 0.29) is 12.5 Å². The van der Waals surface area contributed by atoms with Crippen molar-refractivity contribution in [2.75, 3.05) is 19.7 Å². The zero-order chi connectivity index (χ0) is 16.1. The van der Waals surface area contributed by atoms with Gasteiger partial charge in [-0.1, -0.05) is 12.1 Å². The van der Waals surface area contributed by atoms with Crippen LogP contribution in [0.5, 0.6) is 5.75 Å². The van der Waals surface area contributed by atoms with E-state index >= 15 is 0 Å². The number of carbonyl (C=O) groups is 2. The number of nitrogens with zero attached hydrogens (tertiary/aromatic N) is 2. The van der Waals surface area contributed by atoms with Crippen LogP contribution >= 0.6 is 11.8 Å². The summed E-state index contributed by atoms with van der Waals surface area (Å²) in [5, 5.41) is 0.826. The molecule has 1 fully saturated rings. The lowest BCUT2D eigenvalue weighted by Gasteiger charge is -2.27. The van der Waals surface area contributed by atoms with Gasteiger partial charge in [0.25, 0.3) is 5.91 Å². The Morgan fingerprint density at radius 2 is 1.91 bits per heavy atom. The first-order valence-corrected chi connectivity index (χ1v) is 8.52. The van der Waals surface area contributed by atoms with Crippen LogP contribution in [0.25, 0.3) is 6.08 Å². The zero-order valence-corrected chi connectivity index (χ0v) is 13.6. The topological polar surface area (TPSA) is 59.0 Å². The average molecular weight is 330 g/mol. The number of ether oxygens (including phenoxy) is 1. The maximum atomic E-state index is 12.1. The van der Waals surface area contributed by atoms with Gasteiger partial charge in [0.2, 0.25) is 0 Å². The Bertz CT molecular complexity index is 646. The molecule has 2 heterocycles. The summed E-state index contributed by atoms with van der Waals surface area (Å²) in [5.74, 6) is 0.465. The van der Waals surface area contributed by atoms with Gasteiger partial charge in [-0.3, -0.25) is 9.59 Å². The summed E-state index contributed by atoms with van der Waals surface area (Å²) in [7, 11) is 0. The van der Waals surface area contributed by atoms with Crippen LogP contribution in [-0.4, -0.2) is 42.0 Å². The third-order valence-corrected chi connectivity index (χ3v) is 4.78. The van der Waals surface area contributed by atoms with Gasteiger partial charge < -0.3 is 9.64 Å². The van der Waals surface area contributed by atoms with Crippen molar-refractivity contribution < 1.29 is 14.3 Å². The predicted molar refractivity (Wildman–Crippen MR) is 91.4 cm³/mol. The number of piperidine rings is 1. The first-order valence-electron chi connectivity index (χ1n) is 7.70. The molecule has 1 saturated heterocycles. The summed E-state index contributed by atoms with van der Waals surface area (Å²) < 4.78 is 5.21. The fraction of sp³-hybridized carbons (Fsp3) is 0.353. The molecule has 23 heavy (non-hydrogen) atoms. The summed E-state index contributed by atoms with van der Waals surface area (Å²) in [6, 6.07) is 7.29. The van der Waals surface area contributed by atoms with E-state index in [0.29, 0.717) is 16.9 Å². The van der Waals surface area contributed by atoms with Gasteiger partial charge >= 0.3 is 0 Å². The van der Waals surface area contributed by atoms with Crippen molar-refractivity contribution in [3.8, 4) is 5.75 Å². The summed E-state index contributed by atoms with van der Waals surface area (Å²) >= 11 is 1.45. The first-order chi connectivity index (χ1) is 11.3. The number of aliphatic imine (C=N–C) groups is 1. The van der Waals surface area contributed by atoms with Crippen LogP contribution < -0.4 is 4.74 Å². The number of amidine groups is 1. The lowest BCUT2D eigenvalue weighted by Crippen LogP contribution is -2.33. The predicted octanol–water partition coefficient (Wildman–Crippen LogP) is 2.72. The van der Waals surface area contributed by atoms with E-state index in [0.717, 1.165) is 36.7 Å². The van der Waals surface area contributed by atoms with Crippen LogP contribution in [0.2, 0.25) is 0 Å². The van der Waals surface area contributed by atoms with Gasteiger partial charge in [-0.05, 0) is 54.8 Å². The molecule has 0 bridgehead atoms. The highest BCUT2D eigenvalue weighted by Gasteiger charge is 2.26. The highest BCUT2D eigenvalue weighted by Crippen LogP contribution is 2.31. The Kier molecular flexibility index (Phi) is 5.12. The molecule has 1 amide bonds. The summed E-state index contributed by atoms with van der Waals surface area (Å²) in [5.41, 5.74) is 0.911. The summed E-state index contributed by atoms with van der Waals surface area (Å²) in [6.45, 7) is 2.01.